The van der Waals surface area contributed by atoms with E-state index in [2.05, 4.69) is 30.9 Å². The van der Waals surface area contributed by atoms with Gasteiger partial charge in [0.1, 0.15) is 0 Å². The number of hydrogen-bond donors (Lipinski definition) is 0. The molecule has 13 heavy (non-hydrogen) atoms. The quantitative estimate of drug-likeness (QED) is 0.569. The smallest absolute Gasteiger partial charge is 0.0201 e. The summed E-state index contributed by atoms with van der Waals surface area (Å²) in [6.45, 7) is 6.70. The molecule has 0 spiro atoms. The van der Waals surface area contributed by atoms with E-state index < -0.39 is 0 Å². The van der Waals surface area contributed by atoms with E-state index in [-0.39, 0.29) is 0 Å². The molecular formula is C10H19IN2. The second kappa shape index (κ2) is 4.94. The van der Waals surface area contributed by atoms with Gasteiger partial charge in [-0.05, 0) is 44.7 Å². The lowest BCUT2D eigenvalue weighted by Gasteiger charge is -2.30. The van der Waals surface area contributed by atoms with Crippen molar-refractivity contribution in [3.63, 3.8) is 0 Å². The van der Waals surface area contributed by atoms with E-state index >= 15 is 0 Å². The van der Waals surface area contributed by atoms with Gasteiger partial charge >= 0.3 is 0 Å². The molecule has 2 fully saturated rings. The Bertz CT molecular complexity index is 157. The first-order chi connectivity index (χ1) is 6.34. The molecule has 1 atom stereocenters. The molecule has 2 aliphatic rings. The normalized spacial score (nSPS) is 32.5. The second-order valence-electron chi connectivity index (χ2n) is 4.38. The van der Waals surface area contributed by atoms with Crippen LogP contribution in [0.2, 0.25) is 0 Å². The summed E-state index contributed by atoms with van der Waals surface area (Å²) in [6, 6.07) is 0. The van der Waals surface area contributed by atoms with Crippen LogP contribution in [0, 0.1) is 5.92 Å². The molecule has 0 bridgehead atoms. The van der Waals surface area contributed by atoms with Crippen molar-refractivity contribution in [2.24, 2.45) is 5.92 Å². The molecule has 0 N–H and O–H groups in total. The highest BCUT2D eigenvalue weighted by atomic mass is 127. The number of nitrogens with zero attached hydrogens (tertiary/aromatic N) is 2. The Morgan fingerprint density at radius 1 is 1.08 bits per heavy atom. The number of halogens is 1. The summed E-state index contributed by atoms with van der Waals surface area (Å²) in [4.78, 5) is 2.65. The number of likely N-dealkylation sites (tertiary alicyclic amines) is 1. The topological polar surface area (TPSA) is 6.48 Å². The van der Waals surface area contributed by atoms with Crippen LogP contribution in [-0.4, -0.2) is 40.7 Å². The van der Waals surface area contributed by atoms with Crippen molar-refractivity contribution in [3.05, 3.63) is 0 Å². The van der Waals surface area contributed by atoms with E-state index in [0.29, 0.717) is 0 Å². The molecular weight excluding hydrogens is 275 g/mol. The summed E-state index contributed by atoms with van der Waals surface area (Å²) in [7, 11) is 0. The maximum Gasteiger partial charge on any atom is 0.0201 e. The maximum absolute atomic E-state index is 2.65. The SMILES string of the molecule is IN1CCCC(CN2CCCC2)C1. The molecule has 0 aromatic carbocycles. The molecule has 0 aliphatic carbocycles. The van der Waals surface area contributed by atoms with Crippen LogP contribution in [0.3, 0.4) is 0 Å². The van der Waals surface area contributed by atoms with Gasteiger partial charge < -0.3 is 4.90 Å². The highest BCUT2D eigenvalue weighted by molar-refractivity contribution is 14.1. The van der Waals surface area contributed by atoms with Gasteiger partial charge in [-0.1, -0.05) is 0 Å². The lowest BCUT2D eigenvalue weighted by Crippen LogP contribution is -2.36. The van der Waals surface area contributed by atoms with Gasteiger partial charge in [0.15, 0.2) is 0 Å². The summed E-state index contributed by atoms with van der Waals surface area (Å²) in [5.41, 5.74) is 0. The van der Waals surface area contributed by atoms with Crippen LogP contribution < -0.4 is 0 Å². The molecule has 0 aromatic heterocycles. The largest absolute Gasteiger partial charge is 0.303 e. The van der Waals surface area contributed by atoms with Crippen LogP contribution >= 0.6 is 22.9 Å². The molecule has 2 saturated heterocycles. The minimum atomic E-state index is 0.948. The van der Waals surface area contributed by atoms with Gasteiger partial charge in [-0.2, -0.15) is 0 Å². The third-order valence-corrected chi connectivity index (χ3v) is 4.06. The number of rotatable bonds is 2. The Morgan fingerprint density at radius 2 is 1.85 bits per heavy atom. The van der Waals surface area contributed by atoms with E-state index in [1.54, 1.807) is 0 Å². The van der Waals surface area contributed by atoms with Gasteiger partial charge in [-0.25, -0.2) is 3.11 Å². The number of hydrogen-bond acceptors (Lipinski definition) is 2. The highest BCUT2D eigenvalue weighted by Crippen LogP contribution is 2.21. The van der Waals surface area contributed by atoms with Crippen molar-refractivity contribution in [1.82, 2.24) is 8.01 Å². The van der Waals surface area contributed by atoms with Crippen molar-refractivity contribution < 1.29 is 0 Å². The zero-order chi connectivity index (χ0) is 9.10. The van der Waals surface area contributed by atoms with Gasteiger partial charge in [0, 0.05) is 42.5 Å². The highest BCUT2D eigenvalue weighted by Gasteiger charge is 2.21. The molecule has 0 radical (unpaired) electrons. The maximum atomic E-state index is 2.65. The zero-order valence-electron chi connectivity index (χ0n) is 8.21. The average molecular weight is 294 g/mol. The molecule has 3 heteroatoms. The molecule has 2 nitrogen and oxygen atoms in total. The fraction of sp³-hybridized carbons (Fsp3) is 1.00. The van der Waals surface area contributed by atoms with E-state index in [1.807, 2.05) is 0 Å². The van der Waals surface area contributed by atoms with Gasteiger partial charge in [0.25, 0.3) is 0 Å². The van der Waals surface area contributed by atoms with Crippen LogP contribution in [0.4, 0.5) is 0 Å². The number of piperidine rings is 1. The van der Waals surface area contributed by atoms with E-state index in [1.165, 1.54) is 58.4 Å². The monoisotopic (exact) mass is 294 g/mol. The van der Waals surface area contributed by atoms with Crippen LogP contribution in [0.25, 0.3) is 0 Å². The van der Waals surface area contributed by atoms with Gasteiger partial charge in [0.05, 0.1) is 0 Å². The van der Waals surface area contributed by atoms with E-state index in [4.69, 9.17) is 0 Å². The first kappa shape index (κ1) is 10.2. The fourth-order valence-electron chi connectivity index (χ4n) is 2.49. The van der Waals surface area contributed by atoms with Gasteiger partial charge in [-0.3, -0.25) is 0 Å². The average Bonchev–Trinajstić information content (AvgIpc) is 2.57. The molecule has 0 amide bonds. The lowest BCUT2D eigenvalue weighted by atomic mass is 9.99. The Kier molecular flexibility index (Phi) is 3.86. The molecule has 2 heterocycles. The molecule has 76 valence electrons. The van der Waals surface area contributed by atoms with E-state index in [9.17, 15) is 0 Å². The van der Waals surface area contributed by atoms with E-state index in [0.717, 1.165) is 5.92 Å². The van der Waals surface area contributed by atoms with Crippen LogP contribution in [0.15, 0.2) is 0 Å². The Morgan fingerprint density at radius 3 is 2.54 bits per heavy atom. The first-order valence-electron chi connectivity index (χ1n) is 5.47. The first-order valence-corrected chi connectivity index (χ1v) is 6.44. The summed E-state index contributed by atoms with van der Waals surface area (Å²) < 4.78 is 2.46. The summed E-state index contributed by atoms with van der Waals surface area (Å²) >= 11 is 2.47. The molecule has 2 aliphatic heterocycles. The minimum absolute atomic E-state index is 0.948. The standard InChI is InChI=1S/C10H19IN2/c11-13-7-3-4-10(9-13)8-12-5-1-2-6-12/h10H,1-9H2. The Balaban J connectivity index is 1.73. The zero-order valence-corrected chi connectivity index (χ0v) is 10.4. The molecule has 1 unspecified atom stereocenters. The molecule has 0 aromatic rings. The third kappa shape index (κ3) is 3.06. The predicted molar refractivity (Wildman–Crippen MR) is 64.0 cm³/mol. The Labute approximate surface area is 95.2 Å². The third-order valence-electron chi connectivity index (χ3n) is 3.18. The van der Waals surface area contributed by atoms with Crippen molar-refractivity contribution in [2.45, 2.75) is 25.7 Å². The Hall–Kier alpha value is 0.650. The van der Waals surface area contributed by atoms with Crippen molar-refractivity contribution in [1.29, 1.82) is 0 Å². The van der Waals surface area contributed by atoms with Crippen LogP contribution in [-0.2, 0) is 0 Å². The summed E-state index contributed by atoms with van der Waals surface area (Å²) in [5, 5.41) is 0. The van der Waals surface area contributed by atoms with Crippen LogP contribution in [0.1, 0.15) is 25.7 Å². The summed E-state index contributed by atoms with van der Waals surface area (Å²) in [6.07, 6.45) is 5.72. The molecule has 0 saturated carbocycles. The van der Waals surface area contributed by atoms with Gasteiger partial charge in [0.2, 0.25) is 0 Å². The van der Waals surface area contributed by atoms with Crippen molar-refractivity contribution in [3.8, 4) is 0 Å². The second-order valence-corrected chi connectivity index (χ2v) is 5.75. The van der Waals surface area contributed by atoms with Crippen molar-refractivity contribution >= 4 is 22.9 Å². The van der Waals surface area contributed by atoms with Gasteiger partial charge in [-0.15, -0.1) is 0 Å². The van der Waals surface area contributed by atoms with Crippen molar-refractivity contribution in [2.75, 3.05) is 32.7 Å². The molecule has 2 rings (SSSR count). The van der Waals surface area contributed by atoms with Crippen LogP contribution in [0.5, 0.6) is 0 Å². The summed E-state index contributed by atoms with van der Waals surface area (Å²) in [5.74, 6) is 0.948. The lowest BCUT2D eigenvalue weighted by molar-refractivity contribution is 0.216. The predicted octanol–water partition coefficient (Wildman–Crippen LogP) is 2.14. The minimum Gasteiger partial charge on any atom is -0.303 e. The fourth-order valence-corrected chi connectivity index (χ4v) is 3.39.